The number of benzene rings is 2. The molecule has 0 unspecified atom stereocenters. The Morgan fingerprint density at radius 1 is 0.900 bits per heavy atom. The Labute approximate surface area is 180 Å². The zero-order chi connectivity index (χ0) is 20.6. The molecule has 0 bridgehead atoms. The van der Waals surface area contributed by atoms with Crippen molar-refractivity contribution in [3.8, 4) is 21.8 Å². The van der Waals surface area contributed by atoms with E-state index in [2.05, 4.69) is 45.6 Å². The molecule has 2 heterocycles. The maximum Gasteiger partial charge on any atom is 0.220 e. The first-order valence-electron chi connectivity index (χ1n) is 10.3. The van der Waals surface area contributed by atoms with Gasteiger partial charge in [0, 0.05) is 22.2 Å². The summed E-state index contributed by atoms with van der Waals surface area (Å²) < 4.78 is 0. The second kappa shape index (κ2) is 7.57. The molecule has 0 atom stereocenters. The van der Waals surface area contributed by atoms with Gasteiger partial charge in [0.15, 0.2) is 0 Å². The third-order valence-electron chi connectivity index (χ3n) is 5.78. The Bertz CT molecular complexity index is 1110. The summed E-state index contributed by atoms with van der Waals surface area (Å²) in [6.45, 7) is 0. The second-order valence-corrected chi connectivity index (χ2v) is 8.63. The van der Waals surface area contributed by atoms with Crippen molar-refractivity contribution in [2.45, 2.75) is 37.8 Å². The molecule has 152 valence electrons. The molecule has 3 aromatic rings. The van der Waals surface area contributed by atoms with Crippen LogP contribution in [0.2, 0.25) is 0 Å². The van der Waals surface area contributed by atoms with Crippen LogP contribution in [-0.4, -0.2) is 22.6 Å². The SMILES string of the molecule is NC1=NC2(CCCCC2)N(c2cccc(-c3csc(-c4ccccc4)n3)c2)C(N)=N1. The molecule has 5 rings (SSSR count). The summed E-state index contributed by atoms with van der Waals surface area (Å²) in [7, 11) is 0. The number of thiazole rings is 1. The maximum atomic E-state index is 6.38. The summed E-state index contributed by atoms with van der Waals surface area (Å²) in [5, 5.41) is 3.11. The highest BCUT2D eigenvalue weighted by Gasteiger charge is 2.42. The van der Waals surface area contributed by atoms with Crippen LogP contribution in [0.1, 0.15) is 32.1 Å². The first kappa shape index (κ1) is 18.8. The predicted molar refractivity (Wildman–Crippen MR) is 125 cm³/mol. The molecule has 1 spiro atoms. The molecule has 1 aliphatic carbocycles. The van der Waals surface area contributed by atoms with Gasteiger partial charge < -0.3 is 11.5 Å². The average molecular weight is 417 g/mol. The van der Waals surface area contributed by atoms with E-state index < -0.39 is 5.66 Å². The van der Waals surface area contributed by atoms with E-state index in [0.29, 0.717) is 5.96 Å². The molecular weight excluding hydrogens is 392 g/mol. The van der Waals surface area contributed by atoms with Crippen molar-refractivity contribution in [2.75, 3.05) is 4.90 Å². The minimum absolute atomic E-state index is 0.272. The van der Waals surface area contributed by atoms with Crippen molar-refractivity contribution in [2.24, 2.45) is 21.5 Å². The summed E-state index contributed by atoms with van der Waals surface area (Å²) in [5.74, 6) is 0.679. The Hall–Kier alpha value is -3.19. The number of guanidine groups is 2. The molecule has 0 amide bonds. The van der Waals surface area contributed by atoms with Crippen LogP contribution in [0, 0.1) is 0 Å². The Morgan fingerprint density at radius 3 is 2.47 bits per heavy atom. The summed E-state index contributed by atoms with van der Waals surface area (Å²) in [4.78, 5) is 16.0. The zero-order valence-corrected chi connectivity index (χ0v) is 17.5. The average Bonchev–Trinajstić information content (AvgIpc) is 3.25. The second-order valence-electron chi connectivity index (χ2n) is 7.77. The third kappa shape index (κ3) is 3.35. The van der Waals surface area contributed by atoms with E-state index >= 15 is 0 Å². The number of hydrogen-bond acceptors (Lipinski definition) is 7. The van der Waals surface area contributed by atoms with E-state index in [1.165, 1.54) is 6.42 Å². The van der Waals surface area contributed by atoms with Crippen molar-refractivity contribution < 1.29 is 0 Å². The summed E-state index contributed by atoms with van der Waals surface area (Å²) in [5.41, 5.74) is 16.0. The van der Waals surface area contributed by atoms with Crippen molar-refractivity contribution in [1.29, 1.82) is 0 Å². The summed E-state index contributed by atoms with van der Waals surface area (Å²) >= 11 is 1.65. The molecule has 30 heavy (non-hydrogen) atoms. The standard InChI is InChI=1S/C23H24N6S/c24-21-27-22(25)29(23(28-21)12-5-2-6-13-23)18-11-7-10-17(14-18)19-15-30-20(26-19)16-8-3-1-4-9-16/h1,3-4,7-11,14-15H,2,5-6,12-13H2,(H4,24,25,27,28). The van der Waals surface area contributed by atoms with Gasteiger partial charge in [0.2, 0.25) is 11.9 Å². The predicted octanol–water partition coefficient (Wildman–Crippen LogP) is 4.59. The molecule has 0 radical (unpaired) electrons. The number of nitrogens with two attached hydrogens (primary N) is 2. The number of rotatable bonds is 3. The number of anilines is 1. The van der Waals surface area contributed by atoms with Crippen LogP contribution in [0.25, 0.3) is 21.8 Å². The van der Waals surface area contributed by atoms with Gasteiger partial charge in [-0.25, -0.2) is 9.98 Å². The molecule has 1 fully saturated rings. The van der Waals surface area contributed by atoms with Crippen LogP contribution in [-0.2, 0) is 0 Å². The lowest BCUT2D eigenvalue weighted by Gasteiger charge is -2.45. The Balaban J connectivity index is 1.52. The highest BCUT2D eigenvalue weighted by atomic mass is 32.1. The van der Waals surface area contributed by atoms with Gasteiger partial charge in [-0.05, 0) is 37.8 Å². The van der Waals surface area contributed by atoms with Gasteiger partial charge in [0.05, 0.1) is 5.69 Å². The molecule has 2 aliphatic rings. The Kier molecular flexibility index (Phi) is 4.75. The van der Waals surface area contributed by atoms with Gasteiger partial charge >= 0.3 is 0 Å². The summed E-state index contributed by atoms with van der Waals surface area (Å²) in [6, 6.07) is 18.5. The van der Waals surface area contributed by atoms with Crippen LogP contribution in [0.3, 0.4) is 0 Å². The van der Waals surface area contributed by atoms with E-state index in [0.717, 1.165) is 53.2 Å². The fourth-order valence-electron chi connectivity index (χ4n) is 4.42. The molecular formula is C23H24N6S. The lowest BCUT2D eigenvalue weighted by Crippen LogP contribution is -2.58. The summed E-state index contributed by atoms with van der Waals surface area (Å²) in [6.07, 6.45) is 5.26. The van der Waals surface area contributed by atoms with Gasteiger partial charge in [-0.3, -0.25) is 4.90 Å². The van der Waals surface area contributed by atoms with Crippen molar-refractivity contribution in [3.63, 3.8) is 0 Å². The minimum atomic E-state index is -0.440. The fraction of sp³-hybridized carbons (Fsp3) is 0.261. The lowest BCUT2D eigenvalue weighted by molar-refractivity contribution is 0.305. The lowest BCUT2D eigenvalue weighted by atomic mass is 9.87. The normalized spacial score (nSPS) is 18.2. The molecule has 1 saturated carbocycles. The third-order valence-corrected chi connectivity index (χ3v) is 6.67. The quantitative estimate of drug-likeness (QED) is 0.653. The Morgan fingerprint density at radius 2 is 1.67 bits per heavy atom. The smallest absolute Gasteiger partial charge is 0.220 e. The van der Waals surface area contributed by atoms with Crippen LogP contribution >= 0.6 is 11.3 Å². The molecule has 1 aromatic heterocycles. The molecule has 2 aromatic carbocycles. The topological polar surface area (TPSA) is 92.9 Å². The number of aromatic nitrogens is 1. The van der Waals surface area contributed by atoms with Gasteiger partial charge in [0.1, 0.15) is 10.7 Å². The first-order chi connectivity index (χ1) is 14.6. The minimum Gasteiger partial charge on any atom is -0.369 e. The van der Waals surface area contributed by atoms with Gasteiger partial charge in [-0.1, -0.05) is 48.9 Å². The van der Waals surface area contributed by atoms with Crippen molar-refractivity contribution in [3.05, 3.63) is 60.0 Å². The van der Waals surface area contributed by atoms with Gasteiger partial charge in [-0.15, -0.1) is 11.3 Å². The van der Waals surface area contributed by atoms with Crippen LogP contribution in [0.5, 0.6) is 0 Å². The van der Waals surface area contributed by atoms with Crippen LogP contribution in [0.4, 0.5) is 5.69 Å². The zero-order valence-electron chi connectivity index (χ0n) is 16.7. The van der Waals surface area contributed by atoms with Gasteiger partial charge in [-0.2, -0.15) is 4.99 Å². The van der Waals surface area contributed by atoms with Crippen LogP contribution in [0.15, 0.2) is 70.0 Å². The fourth-order valence-corrected chi connectivity index (χ4v) is 5.25. The highest BCUT2D eigenvalue weighted by Crippen LogP contribution is 2.40. The maximum absolute atomic E-state index is 6.38. The van der Waals surface area contributed by atoms with E-state index in [4.69, 9.17) is 21.4 Å². The van der Waals surface area contributed by atoms with Crippen molar-refractivity contribution in [1.82, 2.24) is 4.98 Å². The largest absolute Gasteiger partial charge is 0.369 e. The number of hydrogen-bond donors (Lipinski definition) is 2. The van der Waals surface area contributed by atoms with Crippen molar-refractivity contribution >= 4 is 28.9 Å². The van der Waals surface area contributed by atoms with E-state index in [9.17, 15) is 0 Å². The van der Waals surface area contributed by atoms with E-state index in [-0.39, 0.29) is 5.96 Å². The van der Waals surface area contributed by atoms with Crippen LogP contribution < -0.4 is 16.4 Å². The molecule has 4 N–H and O–H groups in total. The highest BCUT2D eigenvalue weighted by molar-refractivity contribution is 7.13. The van der Waals surface area contributed by atoms with E-state index in [1.807, 2.05) is 24.3 Å². The first-order valence-corrected chi connectivity index (χ1v) is 11.1. The number of aliphatic imine (C=N–C) groups is 2. The molecule has 7 heteroatoms. The monoisotopic (exact) mass is 416 g/mol. The van der Waals surface area contributed by atoms with Gasteiger partial charge in [0.25, 0.3) is 0 Å². The van der Waals surface area contributed by atoms with E-state index in [1.54, 1.807) is 11.3 Å². The number of nitrogens with zero attached hydrogens (tertiary/aromatic N) is 4. The molecule has 0 saturated heterocycles. The molecule has 6 nitrogen and oxygen atoms in total. The molecule has 1 aliphatic heterocycles.